The number of ether oxygens (including phenoxy) is 2. The molecule has 4 nitrogen and oxygen atoms in total. The van der Waals surface area contributed by atoms with Crippen molar-refractivity contribution < 1.29 is 14.3 Å². The Bertz CT molecular complexity index is 911. The van der Waals surface area contributed by atoms with E-state index in [-0.39, 0.29) is 5.97 Å². The molecule has 0 saturated heterocycles. The van der Waals surface area contributed by atoms with Gasteiger partial charge in [0.2, 0.25) is 0 Å². The van der Waals surface area contributed by atoms with Gasteiger partial charge in [0.05, 0.1) is 13.7 Å². The largest absolute Gasteiger partial charge is 0.497 e. The Morgan fingerprint density at radius 3 is 2.50 bits per heavy atom. The zero-order valence-electron chi connectivity index (χ0n) is 14.9. The van der Waals surface area contributed by atoms with Crippen molar-refractivity contribution in [2.75, 3.05) is 13.7 Å². The lowest BCUT2D eigenvalue weighted by Crippen LogP contribution is -2.15. The molecule has 1 unspecified atom stereocenters. The Balaban J connectivity index is 1.99. The zero-order valence-corrected chi connectivity index (χ0v) is 14.9. The Labute approximate surface area is 153 Å². The molecule has 3 aromatic rings. The third kappa shape index (κ3) is 3.91. The number of aliphatic imine (C=N–C) groups is 1. The molecule has 3 rings (SSSR count). The van der Waals surface area contributed by atoms with Crippen LogP contribution >= 0.6 is 0 Å². The van der Waals surface area contributed by atoms with Gasteiger partial charge in [0.15, 0.2) is 6.04 Å². The molecule has 0 bridgehead atoms. The summed E-state index contributed by atoms with van der Waals surface area (Å²) in [5.74, 6) is 0.423. The first-order chi connectivity index (χ1) is 12.7. The molecule has 1 atom stereocenters. The van der Waals surface area contributed by atoms with E-state index >= 15 is 0 Å². The second kappa shape index (κ2) is 8.30. The van der Waals surface area contributed by atoms with Gasteiger partial charge in [-0.3, -0.25) is 4.99 Å². The van der Waals surface area contributed by atoms with Crippen LogP contribution < -0.4 is 4.74 Å². The van der Waals surface area contributed by atoms with Crippen molar-refractivity contribution in [3.8, 4) is 5.75 Å². The van der Waals surface area contributed by atoms with E-state index in [1.54, 1.807) is 20.2 Å². The molecule has 0 aliphatic heterocycles. The van der Waals surface area contributed by atoms with Crippen molar-refractivity contribution in [2.45, 2.75) is 13.0 Å². The monoisotopic (exact) mass is 347 g/mol. The van der Waals surface area contributed by atoms with E-state index in [0.29, 0.717) is 6.61 Å². The van der Waals surface area contributed by atoms with Crippen molar-refractivity contribution in [2.24, 2.45) is 4.99 Å². The molecule has 0 aliphatic carbocycles. The normalized spacial score (nSPS) is 12.2. The second-order valence-corrected chi connectivity index (χ2v) is 5.77. The Morgan fingerprint density at radius 1 is 1.04 bits per heavy atom. The van der Waals surface area contributed by atoms with E-state index < -0.39 is 6.04 Å². The van der Waals surface area contributed by atoms with E-state index in [9.17, 15) is 4.79 Å². The Kier molecular flexibility index (Phi) is 5.64. The highest BCUT2D eigenvalue weighted by molar-refractivity contribution is 5.92. The van der Waals surface area contributed by atoms with Crippen LogP contribution in [-0.4, -0.2) is 25.9 Å². The molecule has 0 aliphatic rings. The van der Waals surface area contributed by atoms with Crippen LogP contribution in [0.25, 0.3) is 10.8 Å². The summed E-state index contributed by atoms with van der Waals surface area (Å²) in [6.07, 6.45) is 1.70. The number of rotatable bonds is 6. The average molecular weight is 347 g/mol. The lowest BCUT2D eigenvalue weighted by molar-refractivity contribution is -0.144. The number of nitrogens with zero attached hydrogens (tertiary/aromatic N) is 1. The topological polar surface area (TPSA) is 47.9 Å². The van der Waals surface area contributed by atoms with Crippen LogP contribution in [0.15, 0.2) is 71.7 Å². The highest BCUT2D eigenvalue weighted by Crippen LogP contribution is 2.28. The molecule has 132 valence electrons. The summed E-state index contributed by atoms with van der Waals surface area (Å²) in [6, 6.07) is 20.7. The van der Waals surface area contributed by atoms with E-state index in [4.69, 9.17) is 9.47 Å². The van der Waals surface area contributed by atoms with E-state index in [1.165, 1.54) is 0 Å². The predicted molar refractivity (Wildman–Crippen MR) is 104 cm³/mol. The molecule has 26 heavy (non-hydrogen) atoms. The summed E-state index contributed by atoms with van der Waals surface area (Å²) >= 11 is 0. The highest BCUT2D eigenvalue weighted by atomic mass is 16.5. The first-order valence-electron chi connectivity index (χ1n) is 8.54. The summed E-state index contributed by atoms with van der Waals surface area (Å²) in [6.45, 7) is 2.11. The molecule has 3 aromatic carbocycles. The summed E-state index contributed by atoms with van der Waals surface area (Å²) < 4.78 is 10.4. The SMILES string of the molecule is CCOC(=O)C(N=Cc1ccc(OC)cc1)c1cccc2ccccc12. The number of hydrogen-bond donors (Lipinski definition) is 0. The van der Waals surface area contributed by atoms with Crippen molar-refractivity contribution in [3.05, 3.63) is 77.9 Å². The minimum Gasteiger partial charge on any atom is -0.497 e. The van der Waals surface area contributed by atoms with E-state index in [2.05, 4.69) is 4.99 Å². The number of carbonyl (C=O) groups is 1. The molecule has 0 saturated carbocycles. The van der Waals surface area contributed by atoms with Gasteiger partial charge in [-0.1, -0.05) is 42.5 Å². The fraction of sp³-hybridized carbons (Fsp3) is 0.182. The van der Waals surface area contributed by atoms with Crippen LogP contribution in [0.1, 0.15) is 24.1 Å². The number of hydrogen-bond acceptors (Lipinski definition) is 4. The van der Waals surface area contributed by atoms with Crippen LogP contribution in [0.4, 0.5) is 0 Å². The smallest absolute Gasteiger partial charge is 0.335 e. The van der Waals surface area contributed by atoms with Crippen molar-refractivity contribution in [1.82, 2.24) is 0 Å². The summed E-state index contributed by atoms with van der Waals surface area (Å²) in [5, 5.41) is 2.07. The van der Waals surface area contributed by atoms with Crippen LogP contribution in [0, 0.1) is 0 Å². The summed E-state index contributed by atoms with van der Waals surface area (Å²) in [7, 11) is 1.63. The third-order valence-corrected chi connectivity index (χ3v) is 4.12. The molecule has 0 fully saturated rings. The molecule has 0 spiro atoms. The van der Waals surface area contributed by atoms with Crippen LogP contribution in [-0.2, 0) is 9.53 Å². The number of esters is 1. The molecular formula is C22H21NO3. The zero-order chi connectivity index (χ0) is 18.4. The van der Waals surface area contributed by atoms with Gasteiger partial charge < -0.3 is 9.47 Å². The standard InChI is InChI=1S/C22H21NO3/c1-3-26-22(24)21(23-15-16-11-13-18(25-2)14-12-16)20-10-6-8-17-7-4-5-9-19(17)20/h4-15,21H,3H2,1-2H3. The Morgan fingerprint density at radius 2 is 1.77 bits per heavy atom. The van der Waals surface area contributed by atoms with Gasteiger partial charge in [-0.25, -0.2) is 4.79 Å². The minimum absolute atomic E-state index is 0.318. The minimum atomic E-state index is -0.705. The van der Waals surface area contributed by atoms with Gasteiger partial charge in [0, 0.05) is 6.21 Å². The number of benzene rings is 3. The maximum atomic E-state index is 12.6. The Hall–Kier alpha value is -3.14. The lowest BCUT2D eigenvalue weighted by atomic mass is 9.99. The molecule has 4 heteroatoms. The quantitative estimate of drug-likeness (QED) is 0.485. The number of methoxy groups -OCH3 is 1. The second-order valence-electron chi connectivity index (χ2n) is 5.77. The first-order valence-corrected chi connectivity index (χ1v) is 8.54. The molecule has 0 aromatic heterocycles. The van der Waals surface area contributed by atoms with E-state index in [1.807, 2.05) is 66.7 Å². The fourth-order valence-electron chi connectivity index (χ4n) is 2.83. The van der Waals surface area contributed by atoms with Gasteiger partial charge in [0.25, 0.3) is 0 Å². The van der Waals surface area contributed by atoms with Crippen molar-refractivity contribution in [1.29, 1.82) is 0 Å². The number of carbonyl (C=O) groups excluding carboxylic acids is 1. The van der Waals surface area contributed by atoms with Crippen molar-refractivity contribution in [3.63, 3.8) is 0 Å². The molecule has 0 heterocycles. The summed E-state index contributed by atoms with van der Waals surface area (Å²) in [5.41, 5.74) is 1.73. The highest BCUT2D eigenvalue weighted by Gasteiger charge is 2.22. The van der Waals surface area contributed by atoms with E-state index in [0.717, 1.165) is 27.6 Å². The van der Waals surface area contributed by atoms with Gasteiger partial charge in [-0.15, -0.1) is 0 Å². The van der Waals surface area contributed by atoms with Crippen LogP contribution in [0.5, 0.6) is 5.75 Å². The van der Waals surface area contributed by atoms with Gasteiger partial charge in [-0.05, 0) is 53.1 Å². The first kappa shape index (κ1) is 17.7. The lowest BCUT2D eigenvalue weighted by Gasteiger charge is -2.14. The average Bonchev–Trinajstić information content (AvgIpc) is 2.69. The maximum Gasteiger partial charge on any atom is 0.335 e. The summed E-state index contributed by atoms with van der Waals surface area (Å²) in [4.78, 5) is 17.1. The molecule has 0 N–H and O–H groups in total. The van der Waals surface area contributed by atoms with Gasteiger partial charge in [0.1, 0.15) is 5.75 Å². The molecule has 0 amide bonds. The predicted octanol–water partition coefficient (Wildman–Crippen LogP) is 4.57. The number of fused-ring (bicyclic) bond motifs is 1. The van der Waals surface area contributed by atoms with Crippen LogP contribution in [0.3, 0.4) is 0 Å². The third-order valence-electron chi connectivity index (χ3n) is 4.12. The van der Waals surface area contributed by atoms with Crippen molar-refractivity contribution >= 4 is 23.0 Å². The van der Waals surface area contributed by atoms with Crippen LogP contribution in [0.2, 0.25) is 0 Å². The molecule has 0 radical (unpaired) electrons. The molecular weight excluding hydrogens is 326 g/mol. The van der Waals surface area contributed by atoms with Gasteiger partial charge >= 0.3 is 5.97 Å². The maximum absolute atomic E-state index is 12.6. The van der Waals surface area contributed by atoms with Gasteiger partial charge in [-0.2, -0.15) is 0 Å². The fourth-order valence-corrected chi connectivity index (χ4v) is 2.83.